The summed E-state index contributed by atoms with van der Waals surface area (Å²) < 4.78 is 2.12. The van der Waals surface area contributed by atoms with Gasteiger partial charge in [0.25, 0.3) is 0 Å². The first-order valence-corrected chi connectivity index (χ1v) is 18.5. The van der Waals surface area contributed by atoms with Gasteiger partial charge in [-0.15, -0.1) is 0 Å². The lowest BCUT2D eigenvalue weighted by molar-refractivity contribution is 0.918. The topological polar surface area (TPSA) is 43.6 Å². The van der Waals surface area contributed by atoms with Crippen LogP contribution in [0.15, 0.2) is 207 Å². The summed E-state index contributed by atoms with van der Waals surface area (Å²) in [7, 11) is 0. The fourth-order valence-corrected chi connectivity index (χ4v) is 7.62. The van der Waals surface area contributed by atoms with Crippen LogP contribution in [0.1, 0.15) is 0 Å². The van der Waals surface area contributed by atoms with E-state index in [0.717, 1.165) is 83.7 Å². The summed E-state index contributed by atoms with van der Waals surface area (Å²) in [5.41, 5.74) is 15.1. The van der Waals surface area contributed by atoms with Gasteiger partial charge in [-0.2, -0.15) is 5.10 Å². The Morgan fingerprint density at radius 2 is 0.873 bits per heavy atom. The lowest BCUT2D eigenvalue weighted by atomic mass is 9.92. The molecule has 3 aromatic heterocycles. The summed E-state index contributed by atoms with van der Waals surface area (Å²) in [5.74, 6) is 0. The van der Waals surface area contributed by atoms with Gasteiger partial charge in [-0.05, 0) is 99.4 Å². The lowest BCUT2D eigenvalue weighted by Crippen LogP contribution is -1.96. The van der Waals surface area contributed by atoms with Gasteiger partial charge >= 0.3 is 0 Å². The molecule has 258 valence electrons. The zero-order chi connectivity index (χ0) is 36.6. The molecule has 10 aromatic rings. The average Bonchev–Trinajstić information content (AvgIpc) is 3.69. The van der Waals surface area contributed by atoms with Gasteiger partial charge in [0, 0.05) is 39.9 Å². The van der Waals surface area contributed by atoms with Gasteiger partial charge in [0.15, 0.2) is 0 Å². The maximum absolute atomic E-state index is 5.32. The second kappa shape index (κ2) is 13.8. The summed E-state index contributed by atoms with van der Waals surface area (Å²) in [5, 5.41) is 8.82. The van der Waals surface area contributed by atoms with Crippen molar-refractivity contribution in [2.24, 2.45) is 0 Å². The number of hydrogen-bond donors (Lipinski definition) is 0. The molecule has 0 spiro atoms. The van der Waals surface area contributed by atoms with Crippen molar-refractivity contribution in [1.29, 1.82) is 0 Å². The van der Waals surface area contributed by atoms with E-state index < -0.39 is 0 Å². The van der Waals surface area contributed by atoms with Crippen molar-refractivity contribution in [3.63, 3.8) is 0 Å². The molecule has 4 heteroatoms. The predicted molar refractivity (Wildman–Crippen MR) is 227 cm³/mol. The molecule has 10 rings (SSSR count). The number of rotatable bonds is 7. The van der Waals surface area contributed by atoms with Crippen LogP contribution in [0.25, 0.3) is 94.5 Å². The van der Waals surface area contributed by atoms with E-state index in [0.29, 0.717) is 0 Å². The van der Waals surface area contributed by atoms with Gasteiger partial charge in [-0.25, -0.2) is 4.68 Å². The van der Waals surface area contributed by atoms with Gasteiger partial charge in [-0.1, -0.05) is 133 Å². The highest BCUT2D eigenvalue weighted by Crippen LogP contribution is 2.42. The molecular weight excluding hydrogens is 669 g/mol. The minimum Gasteiger partial charge on any atom is -0.256 e. The number of fused-ring (bicyclic) bond motifs is 3. The Balaban J connectivity index is 1.05. The van der Waals surface area contributed by atoms with Crippen LogP contribution < -0.4 is 0 Å². The van der Waals surface area contributed by atoms with E-state index in [1.807, 2.05) is 42.7 Å². The van der Waals surface area contributed by atoms with Crippen LogP contribution in [0.5, 0.6) is 0 Å². The highest BCUT2D eigenvalue weighted by Gasteiger charge is 2.21. The Kier molecular flexibility index (Phi) is 8.12. The number of para-hydroxylation sites is 1. The van der Waals surface area contributed by atoms with Crippen LogP contribution in [0.4, 0.5) is 0 Å². The van der Waals surface area contributed by atoms with Crippen molar-refractivity contribution >= 4 is 21.7 Å². The largest absolute Gasteiger partial charge is 0.256 e. The van der Waals surface area contributed by atoms with Crippen LogP contribution in [0, 0.1) is 0 Å². The Bertz CT molecular complexity index is 2860. The molecule has 4 nitrogen and oxygen atoms in total. The third-order valence-electron chi connectivity index (χ3n) is 10.3. The van der Waals surface area contributed by atoms with Crippen molar-refractivity contribution in [3.05, 3.63) is 207 Å². The molecular formula is C51H34N4. The summed E-state index contributed by atoms with van der Waals surface area (Å²) >= 11 is 0. The summed E-state index contributed by atoms with van der Waals surface area (Å²) in [6.07, 6.45) is 3.68. The van der Waals surface area contributed by atoms with Crippen LogP contribution >= 0.6 is 0 Å². The summed E-state index contributed by atoms with van der Waals surface area (Å²) in [6, 6.07) is 68.4. The molecule has 0 N–H and O–H groups in total. The molecule has 0 atom stereocenters. The fourth-order valence-electron chi connectivity index (χ4n) is 7.62. The van der Waals surface area contributed by atoms with E-state index in [4.69, 9.17) is 5.10 Å². The van der Waals surface area contributed by atoms with E-state index in [9.17, 15) is 0 Å². The molecule has 0 unspecified atom stereocenters. The smallest absolute Gasteiger partial charge is 0.101 e. The van der Waals surface area contributed by atoms with E-state index in [1.165, 1.54) is 10.8 Å². The third kappa shape index (κ3) is 6.06. The minimum atomic E-state index is 0.935. The number of nitrogens with zero attached hydrogens (tertiary/aromatic N) is 4. The Labute approximate surface area is 319 Å². The third-order valence-corrected chi connectivity index (χ3v) is 10.3. The lowest BCUT2D eigenvalue weighted by Gasteiger charge is -2.12. The number of pyridine rings is 2. The van der Waals surface area contributed by atoms with Crippen molar-refractivity contribution in [2.45, 2.75) is 0 Å². The van der Waals surface area contributed by atoms with Crippen molar-refractivity contribution in [1.82, 2.24) is 19.7 Å². The van der Waals surface area contributed by atoms with E-state index >= 15 is 0 Å². The second-order valence-corrected chi connectivity index (χ2v) is 13.7. The quantitative estimate of drug-likeness (QED) is 0.166. The van der Waals surface area contributed by atoms with Crippen molar-refractivity contribution in [2.75, 3.05) is 0 Å². The maximum Gasteiger partial charge on any atom is 0.101 e. The van der Waals surface area contributed by atoms with Crippen LogP contribution in [0.3, 0.4) is 0 Å². The number of hydrogen-bond acceptors (Lipinski definition) is 3. The van der Waals surface area contributed by atoms with Crippen LogP contribution in [0.2, 0.25) is 0 Å². The van der Waals surface area contributed by atoms with Gasteiger partial charge in [-0.3, -0.25) is 9.97 Å². The van der Waals surface area contributed by atoms with Gasteiger partial charge in [0.2, 0.25) is 0 Å². The zero-order valence-corrected chi connectivity index (χ0v) is 29.9. The fraction of sp³-hybridized carbons (Fsp3) is 0. The van der Waals surface area contributed by atoms with Crippen LogP contribution in [-0.4, -0.2) is 19.7 Å². The number of aromatic nitrogens is 4. The standard InChI is InChI=1S/C51H34N4/c1-3-13-39(14-4-1)50-49-46(34-40-15-7-8-18-45(40)51(49)55(54-50)44-16-5-2-6-17-44)38-27-25-36(26-28-38)35-21-23-37(24-22-35)41-31-42(47-19-9-11-29-52-47)33-43(32-41)48-20-10-12-30-53-48/h1-34H. The molecule has 0 bridgehead atoms. The van der Waals surface area contributed by atoms with E-state index in [2.05, 4.69) is 178 Å². The Morgan fingerprint density at radius 3 is 1.47 bits per heavy atom. The van der Waals surface area contributed by atoms with Crippen LogP contribution in [-0.2, 0) is 0 Å². The first-order chi connectivity index (χ1) is 27.3. The van der Waals surface area contributed by atoms with Gasteiger partial charge < -0.3 is 0 Å². The van der Waals surface area contributed by atoms with Crippen molar-refractivity contribution in [3.8, 4) is 72.8 Å². The minimum absolute atomic E-state index is 0.935. The van der Waals surface area contributed by atoms with E-state index in [-0.39, 0.29) is 0 Å². The molecule has 0 aliphatic carbocycles. The predicted octanol–water partition coefficient (Wildman–Crippen LogP) is 13.0. The molecule has 0 aliphatic rings. The molecule has 3 heterocycles. The molecule has 7 aromatic carbocycles. The first-order valence-electron chi connectivity index (χ1n) is 18.5. The second-order valence-electron chi connectivity index (χ2n) is 13.7. The van der Waals surface area contributed by atoms with Gasteiger partial charge in [0.1, 0.15) is 5.69 Å². The first kappa shape index (κ1) is 32.2. The summed E-state index contributed by atoms with van der Waals surface area (Å²) in [4.78, 5) is 9.29. The molecule has 0 saturated heterocycles. The van der Waals surface area contributed by atoms with Crippen molar-refractivity contribution < 1.29 is 0 Å². The molecule has 0 amide bonds. The SMILES string of the molecule is c1ccc(-c2nn(-c3ccccc3)c3c2c(-c2ccc(-c4ccc(-c5cc(-c6ccccn6)cc(-c6ccccn6)c5)cc4)cc2)cc2ccccc23)cc1. The Hall–Kier alpha value is -7.43. The highest BCUT2D eigenvalue weighted by molar-refractivity contribution is 6.17. The molecule has 0 fully saturated rings. The molecule has 0 radical (unpaired) electrons. The molecule has 0 saturated carbocycles. The molecule has 0 aliphatic heterocycles. The number of benzene rings is 7. The summed E-state index contributed by atoms with van der Waals surface area (Å²) in [6.45, 7) is 0. The normalized spacial score (nSPS) is 11.3. The Morgan fingerprint density at radius 1 is 0.364 bits per heavy atom. The monoisotopic (exact) mass is 702 g/mol. The van der Waals surface area contributed by atoms with Gasteiger partial charge in [0.05, 0.1) is 22.6 Å². The highest BCUT2D eigenvalue weighted by atomic mass is 15.3. The molecule has 55 heavy (non-hydrogen) atoms. The van der Waals surface area contributed by atoms with E-state index in [1.54, 1.807) is 0 Å². The average molecular weight is 703 g/mol. The maximum atomic E-state index is 5.32. The zero-order valence-electron chi connectivity index (χ0n) is 29.9.